The van der Waals surface area contributed by atoms with E-state index in [1.165, 1.54) is 22.8 Å². The van der Waals surface area contributed by atoms with E-state index in [1.807, 2.05) is 0 Å². The van der Waals surface area contributed by atoms with Gasteiger partial charge in [0.2, 0.25) is 5.78 Å². The van der Waals surface area contributed by atoms with Gasteiger partial charge in [0.05, 0.1) is 15.5 Å². The van der Waals surface area contributed by atoms with Gasteiger partial charge in [0.15, 0.2) is 0 Å². The Morgan fingerprint density at radius 3 is 2.17 bits per heavy atom. The summed E-state index contributed by atoms with van der Waals surface area (Å²) in [6.07, 6.45) is 0. The quantitative estimate of drug-likeness (QED) is 0.217. The van der Waals surface area contributed by atoms with E-state index in [0.717, 1.165) is 6.07 Å². The molecule has 0 amide bonds. The van der Waals surface area contributed by atoms with E-state index in [0.29, 0.717) is 22.9 Å². The van der Waals surface area contributed by atoms with E-state index in [-0.39, 0.29) is 70.4 Å². The van der Waals surface area contributed by atoms with Crippen molar-refractivity contribution in [2.75, 3.05) is 0 Å². The molecule has 15 heteroatoms. The number of carbonyl (C=O) groups excluding carboxylic acids is 1. The standard InChI is InChI=1S/C14H10N2O8S3.2Na/c17-13-6-10(14(18)8-3-4-25-7-8)15-16(13)11-5-9(26(19,20)21)1-2-12(11)27(22,23)24;;/h1-7,15H,(H,19,20,21)(H,22,23,24);;/q;2*+1/p-2. The monoisotopic (exact) mass is 474 g/mol. The van der Waals surface area contributed by atoms with Crippen LogP contribution < -0.4 is 64.7 Å². The molecule has 1 N–H and O–H groups in total. The Morgan fingerprint density at radius 2 is 1.66 bits per heavy atom. The molecule has 0 saturated carbocycles. The molecule has 0 aliphatic carbocycles. The van der Waals surface area contributed by atoms with Crippen LogP contribution >= 0.6 is 11.3 Å². The van der Waals surface area contributed by atoms with Crippen LogP contribution in [0.25, 0.3) is 5.69 Å². The maximum Gasteiger partial charge on any atom is 1.00 e. The number of nitrogens with zero attached hydrogens (tertiary/aromatic N) is 1. The number of nitrogens with one attached hydrogen (secondary N) is 1. The molecule has 0 aliphatic heterocycles. The molecule has 0 bridgehead atoms. The SMILES string of the molecule is O=C(c1ccsc1)c1cc(=O)n(-c2cc(S(=O)(=O)[O-])ccc2S(=O)(=O)[O-])[nH]1.[Na+].[Na+]. The molecular formula is C14H8N2Na2O8S3. The zero-order chi connectivity index (χ0) is 20.0. The van der Waals surface area contributed by atoms with E-state index in [2.05, 4.69) is 5.10 Å². The van der Waals surface area contributed by atoms with Crippen molar-refractivity contribution in [2.24, 2.45) is 0 Å². The van der Waals surface area contributed by atoms with Crippen LogP contribution in [-0.2, 0) is 20.2 Å². The zero-order valence-electron chi connectivity index (χ0n) is 15.0. The molecule has 0 atom stereocenters. The van der Waals surface area contributed by atoms with Crippen LogP contribution in [0, 0.1) is 0 Å². The molecule has 0 radical (unpaired) electrons. The van der Waals surface area contributed by atoms with Crippen LogP contribution in [0.15, 0.2) is 55.7 Å². The minimum atomic E-state index is -5.12. The molecule has 0 spiro atoms. The van der Waals surface area contributed by atoms with Crippen LogP contribution in [-0.4, -0.2) is 41.5 Å². The summed E-state index contributed by atoms with van der Waals surface area (Å²) in [5, 5.41) is 5.49. The minimum Gasteiger partial charge on any atom is -0.744 e. The fourth-order valence-electron chi connectivity index (χ4n) is 2.28. The average molecular weight is 474 g/mol. The summed E-state index contributed by atoms with van der Waals surface area (Å²) in [7, 11) is -10.1. The van der Waals surface area contributed by atoms with E-state index in [9.17, 15) is 35.5 Å². The third kappa shape index (κ3) is 5.77. The number of aromatic amines is 1. The van der Waals surface area contributed by atoms with Gasteiger partial charge < -0.3 is 9.11 Å². The number of benzene rings is 1. The maximum atomic E-state index is 12.3. The molecule has 0 fully saturated rings. The number of thiophene rings is 1. The van der Waals surface area contributed by atoms with Crippen LogP contribution in [0.2, 0.25) is 0 Å². The van der Waals surface area contributed by atoms with Crippen molar-refractivity contribution in [1.29, 1.82) is 0 Å². The van der Waals surface area contributed by atoms with Crippen molar-refractivity contribution in [2.45, 2.75) is 9.79 Å². The van der Waals surface area contributed by atoms with Gasteiger partial charge in [-0.15, -0.1) is 0 Å². The molecule has 2 heterocycles. The average Bonchev–Trinajstić information content (AvgIpc) is 3.21. The van der Waals surface area contributed by atoms with E-state index in [4.69, 9.17) is 0 Å². The molecule has 142 valence electrons. The number of carbonyl (C=O) groups is 1. The summed E-state index contributed by atoms with van der Waals surface area (Å²) in [5.74, 6) is -0.578. The summed E-state index contributed by atoms with van der Waals surface area (Å²) in [5.41, 5.74) is -1.57. The Morgan fingerprint density at radius 1 is 1.00 bits per heavy atom. The largest absolute Gasteiger partial charge is 1.00 e. The second-order valence-corrected chi connectivity index (χ2v) is 8.73. The molecule has 0 saturated heterocycles. The number of H-pyrrole nitrogens is 1. The van der Waals surface area contributed by atoms with E-state index < -0.39 is 47.1 Å². The first-order valence-electron chi connectivity index (χ1n) is 6.93. The van der Waals surface area contributed by atoms with Gasteiger partial charge in [0.25, 0.3) is 5.56 Å². The molecule has 1 aromatic carbocycles. The van der Waals surface area contributed by atoms with Crippen molar-refractivity contribution in [3.63, 3.8) is 0 Å². The maximum absolute atomic E-state index is 12.3. The summed E-state index contributed by atoms with van der Waals surface area (Å²) >= 11 is 1.24. The second kappa shape index (κ2) is 9.70. The zero-order valence-corrected chi connectivity index (χ0v) is 21.4. The van der Waals surface area contributed by atoms with Gasteiger partial charge in [-0.1, -0.05) is 0 Å². The molecule has 3 aromatic rings. The molecular weight excluding hydrogens is 466 g/mol. The first-order valence-corrected chi connectivity index (χ1v) is 10.7. The smallest absolute Gasteiger partial charge is 0.744 e. The predicted octanol–water partition coefficient (Wildman–Crippen LogP) is -5.73. The van der Waals surface area contributed by atoms with Crippen LogP contribution in [0.5, 0.6) is 0 Å². The van der Waals surface area contributed by atoms with Crippen molar-refractivity contribution in [1.82, 2.24) is 9.78 Å². The number of hydrogen-bond donors (Lipinski definition) is 1. The Bertz CT molecular complexity index is 1310. The number of rotatable bonds is 5. The van der Waals surface area contributed by atoms with Crippen molar-refractivity contribution < 1.29 is 89.9 Å². The molecule has 29 heavy (non-hydrogen) atoms. The Labute approximate surface area is 213 Å². The fourth-order valence-corrected chi connectivity index (χ4v) is 4.05. The van der Waals surface area contributed by atoms with Crippen molar-refractivity contribution >= 4 is 37.4 Å². The summed E-state index contributed by atoms with van der Waals surface area (Å²) < 4.78 is 68.5. The summed E-state index contributed by atoms with van der Waals surface area (Å²) in [6.45, 7) is 0. The summed E-state index contributed by atoms with van der Waals surface area (Å²) in [6, 6.07) is 4.18. The number of hydrogen-bond acceptors (Lipinski definition) is 9. The van der Waals surface area contributed by atoms with E-state index >= 15 is 0 Å². The Hall–Kier alpha value is -0.580. The fraction of sp³-hybridized carbons (Fsp3) is 0. The van der Waals surface area contributed by atoms with Gasteiger partial charge in [-0.05, 0) is 29.6 Å². The van der Waals surface area contributed by atoms with Gasteiger partial charge in [-0.2, -0.15) is 11.3 Å². The first-order chi connectivity index (χ1) is 12.5. The second-order valence-electron chi connectivity index (χ2n) is 5.22. The Kier molecular flexibility index (Phi) is 8.85. The summed E-state index contributed by atoms with van der Waals surface area (Å²) in [4.78, 5) is 22.7. The van der Waals surface area contributed by atoms with Gasteiger partial charge in [0, 0.05) is 17.0 Å². The van der Waals surface area contributed by atoms with Gasteiger partial charge >= 0.3 is 59.1 Å². The molecule has 0 aliphatic rings. The topological polar surface area (TPSA) is 169 Å². The first kappa shape index (κ1) is 26.5. The van der Waals surface area contributed by atoms with Gasteiger partial charge in [0.1, 0.15) is 25.9 Å². The van der Waals surface area contributed by atoms with Crippen LogP contribution in [0.3, 0.4) is 0 Å². The number of ketones is 1. The van der Waals surface area contributed by atoms with Crippen molar-refractivity contribution in [3.05, 3.63) is 62.7 Å². The van der Waals surface area contributed by atoms with Crippen LogP contribution in [0.1, 0.15) is 16.1 Å². The third-order valence-electron chi connectivity index (χ3n) is 3.48. The normalized spacial score (nSPS) is 11.4. The van der Waals surface area contributed by atoms with Gasteiger partial charge in [-0.3, -0.25) is 14.7 Å². The van der Waals surface area contributed by atoms with Crippen LogP contribution in [0.4, 0.5) is 0 Å². The third-order valence-corrected chi connectivity index (χ3v) is 5.88. The van der Waals surface area contributed by atoms with E-state index in [1.54, 1.807) is 5.38 Å². The Balaban J connectivity index is 0.00000210. The molecule has 2 aromatic heterocycles. The van der Waals surface area contributed by atoms with Gasteiger partial charge in [-0.25, -0.2) is 21.5 Å². The van der Waals surface area contributed by atoms with Crippen molar-refractivity contribution in [3.8, 4) is 5.69 Å². The minimum absolute atomic E-state index is 0. The predicted molar refractivity (Wildman–Crippen MR) is 90.1 cm³/mol. The molecule has 3 rings (SSSR count). The molecule has 0 unspecified atom stereocenters. The number of aromatic nitrogens is 2. The molecule has 10 nitrogen and oxygen atoms in total.